The molecule has 4 heterocycles. The van der Waals surface area contributed by atoms with Gasteiger partial charge in [0.25, 0.3) is 5.91 Å². The Balaban J connectivity index is 1.38. The van der Waals surface area contributed by atoms with Crippen LogP contribution < -0.4 is 5.32 Å². The predicted molar refractivity (Wildman–Crippen MR) is 98.1 cm³/mol. The SMILES string of the molecule is O=C(NC1CN2CCC1CC2)c1ccc(Sc2cnc(Cl)s2)cc1. The van der Waals surface area contributed by atoms with Crippen molar-refractivity contribution in [1.29, 1.82) is 0 Å². The van der Waals surface area contributed by atoms with Crippen LogP contribution in [-0.2, 0) is 0 Å². The van der Waals surface area contributed by atoms with Crippen LogP contribution in [0.25, 0.3) is 0 Å². The molecule has 0 spiro atoms. The second-order valence-electron chi connectivity index (χ2n) is 6.28. The largest absolute Gasteiger partial charge is 0.348 e. The quantitative estimate of drug-likeness (QED) is 0.878. The fraction of sp³-hybridized carbons (Fsp3) is 0.412. The van der Waals surface area contributed by atoms with Crippen LogP contribution in [0.2, 0.25) is 4.47 Å². The molecule has 1 N–H and O–H groups in total. The van der Waals surface area contributed by atoms with Crippen molar-refractivity contribution in [3.63, 3.8) is 0 Å². The Bertz CT molecular complexity index is 726. The maximum absolute atomic E-state index is 12.5. The molecule has 5 rings (SSSR count). The molecule has 3 aliphatic rings. The highest BCUT2D eigenvalue weighted by atomic mass is 35.5. The fourth-order valence-electron chi connectivity index (χ4n) is 3.46. The third-order valence-electron chi connectivity index (χ3n) is 4.76. The fourth-order valence-corrected chi connectivity index (χ4v) is 5.57. The van der Waals surface area contributed by atoms with E-state index < -0.39 is 0 Å². The number of hydrogen-bond acceptors (Lipinski definition) is 5. The second kappa shape index (κ2) is 7.04. The first kappa shape index (κ1) is 16.4. The van der Waals surface area contributed by atoms with Crippen molar-refractivity contribution >= 4 is 40.6 Å². The molecule has 3 aliphatic heterocycles. The first-order valence-corrected chi connectivity index (χ1v) is 10.1. The maximum atomic E-state index is 12.5. The molecule has 7 heteroatoms. The van der Waals surface area contributed by atoms with Crippen LogP contribution in [0.15, 0.2) is 39.6 Å². The molecule has 24 heavy (non-hydrogen) atoms. The van der Waals surface area contributed by atoms with Crippen LogP contribution in [0.1, 0.15) is 23.2 Å². The van der Waals surface area contributed by atoms with Crippen molar-refractivity contribution in [1.82, 2.24) is 15.2 Å². The molecule has 2 bridgehead atoms. The van der Waals surface area contributed by atoms with E-state index in [-0.39, 0.29) is 5.91 Å². The summed E-state index contributed by atoms with van der Waals surface area (Å²) < 4.78 is 1.59. The van der Waals surface area contributed by atoms with Gasteiger partial charge >= 0.3 is 0 Å². The summed E-state index contributed by atoms with van der Waals surface area (Å²) in [6.45, 7) is 3.37. The molecule has 1 aromatic heterocycles. The van der Waals surface area contributed by atoms with Crippen molar-refractivity contribution in [3.05, 3.63) is 40.5 Å². The number of nitrogens with zero attached hydrogens (tertiary/aromatic N) is 2. The van der Waals surface area contributed by atoms with Gasteiger partial charge in [-0.3, -0.25) is 4.79 Å². The van der Waals surface area contributed by atoms with E-state index >= 15 is 0 Å². The minimum absolute atomic E-state index is 0.0335. The molecule has 1 amide bonds. The Morgan fingerprint density at radius 1 is 1.29 bits per heavy atom. The number of carbonyl (C=O) groups is 1. The third kappa shape index (κ3) is 3.61. The van der Waals surface area contributed by atoms with Gasteiger partial charge in [-0.2, -0.15) is 0 Å². The molecule has 1 unspecified atom stereocenters. The van der Waals surface area contributed by atoms with E-state index in [4.69, 9.17) is 11.6 Å². The lowest BCUT2D eigenvalue weighted by atomic mass is 9.84. The summed E-state index contributed by atoms with van der Waals surface area (Å²) in [5, 5.41) is 3.23. The van der Waals surface area contributed by atoms with Gasteiger partial charge in [0, 0.05) is 23.0 Å². The molecule has 0 aliphatic carbocycles. The molecule has 1 aromatic carbocycles. The Kier molecular flexibility index (Phi) is 4.81. The number of rotatable bonds is 4. The minimum Gasteiger partial charge on any atom is -0.348 e. The number of piperidine rings is 3. The van der Waals surface area contributed by atoms with E-state index in [1.165, 1.54) is 37.3 Å². The van der Waals surface area contributed by atoms with Crippen LogP contribution in [0.4, 0.5) is 0 Å². The van der Waals surface area contributed by atoms with Crippen LogP contribution in [0.5, 0.6) is 0 Å². The number of amides is 1. The van der Waals surface area contributed by atoms with Gasteiger partial charge in [-0.25, -0.2) is 4.98 Å². The molecule has 2 aromatic rings. The summed E-state index contributed by atoms with van der Waals surface area (Å²) in [5.41, 5.74) is 0.720. The van der Waals surface area contributed by atoms with Gasteiger partial charge in [0.1, 0.15) is 0 Å². The highest BCUT2D eigenvalue weighted by Crippen LogP contribution is 2.33. The second-order valence-corrected chi connectivity index (χ2v) is 9.26. The van der Waals surface area contributed by atoms with Crippen molar-refractivity contribution in [2.24, 2.45) is 5.92 Å². The molecule has 3 saturated heterocycles. The summed E-state index contributed by atoms with van der Waals surface area (Å²) in [5.74, 6) is 0.677. The summed E-state index contributed by atoms with van der Waals surface area (Å²) >= 11 is 8.91. The van der Waals surface area contributed by atoms with Crippen molar-refractivity contribution < 1.29 is 4.79 Å². The van der Waals surface area contributed by atoms with Crippen molar-refractivity contribution in [3.8, 4) is 0 Å². The van der Waals surface area contributed by atoms with E-state index in [1.807, 2.05) is 24.3 Å². The zero-order valence-electron chi connectivity index (χ0n) is 13.1. The van der Waals surface area contributed by atoms with E-state index in [2.05, 4.69) is 15.2 Å². The summed E-state index contributed by atoms with van der Waals surface area (Å²) in [4.78, 5) is 20.1. The van der Waals surface area contributed by atoms with E-state index in [1.54, 1.807) is 18.0 Å². The number of hydrogen-bond donors (Lipinski definition) is 1. The van der Waals surface area contributed by atoms with E-state index in [0.29, 0.717) is 16.4 Å². The number of nitrogens with one attached hydrogen (secondary N) is 1. The zero-order chi connectivity index (χ0) is 16.5. The first-order chi connectivity index (χ1) is 11.7. The number of carbonyl (C=O) groups excluding carboxylic acids is 1. The average Bonchev–Trinajstić information content (AvgIpc) is 3.01. The number of benzene rings is 1. The molecule has 0 saturated carbocycles. The average molecular weight is 380 g/mol. The molecule has 4 nitrogen and oxygen atoms in total. The Hall–Kier alpha value is -1.08. The van der Waals surface area contributed by atoms with Crippen LogP contribution in [0.3, 0.4) is 0 Å². The minimum atomic E-state index is 0.0335. The van der Waals surface area contributed by atoms with Gasteiger partial charge in [-0.05, 0) is 56.1 Å². The Morgan fingerprint density at radius 3 is 2.62 bits per heavy atom. The molecule has 126 valence electrons. The maximum Gasteiger partial charge on any atom is 0.251 e. The zero-order valence-corrected chi connectivity index (χ0v) is 15.5. The summed E-state index contributed by atoms with van der Waals surface area (Å²) in [6.07, 6.45) is 4.18. The Morgan fingerprint density at radius 2 is 2.04 bits per heavy atom. The van der Waals surface area contributed by atoms with E-state index in [9.17, 15) is 4.79 Å². The lowest BCUT2D eigenvalue weighted by Gasteiger charge is -2.44. The standard InChI is InChI=1S/C17H18ClN3OS2/c18-17-19-9-15(24-17)23-13-3-1-12(2-4-13)16(22)20-14-10-21-7-5-11(14)6-8-21/h1-4,9,11,14H,5-8,10H2,(H,20,22). The van der Waals surface area contributed by atoms with Gasteiger partial charge in [0.05, 0.1) is 10.4 Å². The van der Waals surface area contributed by atoms with Gasteiger partial charge in [-0.1, -0.05) is 34.7 Å². The van der Waals surface area contributed by atoms with Gasteiger partial charge in [0.2, 0.25) is 0 Å². The first-order valence-electron chi connectivity index (χ1n) is 8.10. The van der Waals surface area contributed by atoms with Crippen molar-refractivity contribution in [2.75, 3.05) is 19.6 Å². The van der Waals surface area contributed by atoms with Crippen LogP contribution in [-0.4, -0.2) is 41.5 Å². The Labute approximate surface area is 154 Å². The topological polar surface area (TPSA) is 45.2 Å². The van der Waals surface area contributed by atoms with Gasteiger partial charge in [0.15, 0.2) is 4.47 Å². The summed E-state index contributed by atoms with van der Waals surface area (Å²) in [7, 11) is 0. The number of aromatic nitrogens is 1. The molecular weight excluding hydrogens is 362 g/mol. The normalized spacial score (nSPS) is 25.6. The van der Waals surface area contributed by atoms with Crippen LogP contribution in [0, 0.1) is 5.92 Å². The lowest BCUT2D eigenvalue weighted by Crippen LogP contribution is -2.57. The van der Waals surface area contributed by atoms with E-state index in [0.717, 1.165) is 21.2 Å². The van der Waals surface area contributed by atoms with Gasteiger partial charge < -0.3 is 10.2 Å². The monoisotopic (exact) mass is 379 g/mol. The molecule has 1 atom stereocenters. The number of thiazole rings is 1. The molecular formula is C17H18ClN3OS2. The molecule has 3 fully saturated rings. The highest BCUT2D eigenvalue weighted by Gasteiger charge is 2.34. The number of fused-ring (bicyclic) bond motifs is 3. The van der Waals surface area contributed by atoms with Gasteiger partial charge in [-0.15, -0.1) is 0 Å². The predicted octanol–water partition coefficient (Wildman–Crippen LogP) is 3.77. The third-order valence-corrected chi connectivity index (χ3v) is 6.99. The van der Waals surface area contributed by atoms with Crippen molar-refractivity contribution in [2.45, 2.75) is 28.0 Å². The molecule has 0 radical (unpaired) electrons. The lowest BCUT2D eigenvalue weighted by molar-refractivity contribution is 0.0620. The summed E-state index contributed by atoms with van der Waals surface area (Å²) in [6, 6.07) is 8.03. The van der Waals surface area contributed by atoms with Crippen LogP contribution >= 0.6 is 34.7 Å². The highest BCUT2D eigenvalue weighted by molar-refractivity contribution is 8.01. The smallest absolute Gasteiger partial charge is 0.251 e. The number of halogens is 1.